The van der Waals surface area contributed by atoms with Crippen molar-refractivity contribution in [2.75, 3.05) is 25.2 Å². The molecule has 0 aliphatic carbocycles. The molecule has 1 unspecified atom stereocenters. The summed E-state index contributed by atoms with van der Waals surface area (Å²) < 4.78 is 31.5. The lowest BCUT2D eigenvalue weighted by molar-refractivity contribution is -0.145. The van der Waals surface area contributed by atoms with Crippen molar-refractivity contribution in [3.05, 3.63) is 90.4 Å². The van der Waals surface area contributed by atoms with Crippen molar-refractivity contribution in [2.45, 2.75) is 12.5 Å². The minimum absolute atomic E-state index is 0.00904. The molecule has 0 spiro atoms. The van der Waals surface area contributed by atoms with Crippen LogP contribution in [0.1, 0.15) is 5.56 Å². The van der Waals surface area contributed by atoms with Crippen LogP contribution in [0.2, 0.25) is 0 Å². The number of ketones is 1. The Bertz CT molecular complexity index is 1430. The molecule has 1 aliphatic heterocycles. The molecular weight excluding hydrogens is 463 g/mol. The first kappa shape index (κ1) is 23.4. The van der Waals surface area contributed by atoms with Gasteiger partial charge >= 0.3 is 0 Å². The number of halogens is 1. The van der Waals surface area contributed by atoms with Gasteiger partial charge in [-0.3, -0.25) is 14.6 Å². The third-order valence-corrected chi connectivity index (χ3v) is 5.95. The molecule has 7 nitrogen and oxygen atoms in total. The number of aromatic nitrogens is 1. The van der Waals surface area contributed by atoms with Crippen LogP contribution < -0.4 is 14.4 Å². The van der Waals surface area contributed by atoms with Crippen LogP contribution in [0, 0.1) is 5.82 Å². The molecular formula is C28H23FN2O5. The second-order valence-electron chi connectivity index (χ2n) is 8.28. The van der Waals surface area contributed by atoms with Gasteiger partial charge in [-0.05, 0) is 48.0 Å². The molecule has 2 heterocycles. The average Bonchev–Trinajstić information content (AvgIpc) is 2.90. The molecule has 1 aliphatic rings. The zero-order valence-electron chi connectivity index (χ0n) is 19.5. The van der Waals surface area contributed by atoms with Crippen LogP contribution in [0.15, 0.2) is 79.0 Å². The fourth-order valence-corrected chi connectivity index (χ4v) is 4.15. The summed E-state index contributed by atoms with van der Waals surface area (Å²) in [5, 5.41) is 0.702. The summed E-state index contributed by atoms with van der Waals surface area (Å²) >= 11 is 0. The number of rotatable bonds is 7. The zero-order chi connectivity index (χ0) is 25.1. The maximum Gasteiger partial charge on any atom is 0.263 e. The third kappa shape index (κ3) is 4.76. The Morgan fingerprint density at radius 1 is 1.08 bits per heavy atom. The topological polar surface area (TPSA) is 78.0 Å². The van der Waals surface area contributed by atoms with E-state index in [2.05, 4.69) is 4.98 Å². The highest BCUT2D eigenvalue weighted by Gasteiger charge is 2.35. The fourth-order valence-electron chi connectivity index (χ4n) is 4.15. The van der Waals surface area contributed by atoms with Gasteiger partial charge in [0.2, 0.25) is 0 Å². The lowest BCUT2D eigenvalue weighted by atomic mass is 10.0. The van der Waals surface area contributed by atoms with E-state index in [1.807, 2.05) is 18.2 Å². The van der Waals surface area contributed by atoms with Crippen molar-refractivity contribution in [2.24, 2.45) is 0 Å². The summed E-state index contributed by atoms with van der Waals surface area (Å²) in [5.74, 6) is -0.371. The van der Waals surface area contributed by atoms with Crippen molar-refractivity contribution in [3.8, 4) is 17.2 Å². The molecule has 1 amide bonds. The Labute approximate surface area is 207 Å². The number of fused-ring (bicyclic) bond motifs is 1. The number of hydrogen-bond acceptors (Lipinski definition) is 6. The Balaban J connectivity index is 1.30. The second kappa shape index (κ2) is 10.1. The second-order valence-corrected chi connectivity index (χ2v) is 8.28. The Morgan fingerprint density at radius 3 is 2.69 bits per heavy atom. The molecule has 0 N–H and O–H groups in total. The van der Waals surface area contributed by atoms with E-state index < -0.39 is 23.6 Å². The van der Waals surface area contributed by atoms with Gasteiger partial charge in [-0.1, -0.05) is 24.3 Å². The standard InChI is InChI=1S/C28H23FN2O5/c1-34-20-8-9-21-23(17-20)30-12-11-25(21)36-26-10-7-18(15-22(26)29)16-24(32)27-28(33)31(13-14-35-27)19-5-3-2-4-6-19/h2-12,15,17,27H,13-14,16H2,1H3. The normalized spacial score (nSPS) is 15.7. The zero-order valence-corrected chi connectivity index (χ0v) is 19.5. The lowest BCUT2D eigenvalue weighted by Gasteiger charge is -2.31. The molecule has 3 aromatic carbocycles. The molecule has 182 valence electrons. The first-order chi connectivity index (χ1) is 17.5. The lowest BCUT2D eigenvalue weighted by Crippen LogP contribution is -2.51. The van der Waals surface area contributed by atoms with Gasteiger partial charge in [0.25, 0.3) is 5.91 Å². The van der Waals surface area contributed by atoms with Gasteiger partial charge in [0.05, 0.1) is 19.2 Å². The minimum Gasteiger partial charge on any atom is -0.497 e. The number of ether oxygens (including phenoxy) is 3. The van der Waals surface area contributed by atoms with Gasteiger partial charge in [-0.25, -0.2) is 4.39 Å². The molecule has 0 radical (unpaired) electrons. The van der Waals surface area contributed by atoms with Crippen LogP contribution in [0.3, 0.4) is 0 Å². The number of carbonyl (C=O) groups is 2. The number of amides is 1. The number of Topliss-reactive ketones (excluding diaryl/α,β-unsaturated/α-hetero) is 1. The van der Waals surface area contributed by atoms with E-state index in [-0.39, 0.29) is 18.8 Å². The number of nitrogens with zero attached hydrogens (tertiary/aromatic N) is 2. The molecule has 8 heteroatoms. The molecule has 4 aromatic rings. The highest BCUT2D eigenvalue weighted by Crippen LogP contribution is 2.32. The van der Waals surface area contributed by atoms with Crippen molar-refractivity contribution >= 4 is 28.3 Å². The summed E-state index contributed by atoms with van der Waals surface area (Å²) in [6.07, 6.45) is 0.203. The Kier molecular flexibility index (Phi) is 6.60. The van der Waals surface area contributed by atoms with Gasteiger partial charge in [0, 0.05) is 36.3 Å². The first-order valence-corrected chi connectivity index (χ1v) is 11.4. The van der Waals surface area contributed by atoms with Gasteiger partial charge in [0.1, 0.15) is 11.5 Å². The summed E-state index contributed by atoms with van der Waals surface area (Å²) in [7, 11) is 1.57. The largest absolute Gasteiger partial charge is 0.497 e. The summed E-state index contributed by atoms with van der Waals surface area (Å²) in [4.78, 5) is 31.6. The Hall–Kier alpha value is -4.30. The van der Waals surface area contributed by atoms with Crippen LogP contribution in [0.4, 0.5) is 10.1 Å². The Morgan fingerprint density at radius 2 is 1.92 bits per heavy atom. The molecule has 0 saturated carbocycles. The van der Waals surface area contributed by atoms with Crippen molar-refractivity contribution in [3.63, 3.8) is 0 Å². The van der Waals surface area contributed by atoms with E-state index >= 15 is 0 Å². The maximum absolute atomic E-state index is 14.9. The van der Waals surface area contributed by atoms with Gasteiger partial charge in [0.15, 0.2) is 23.5 Å². The predicted octanol–water partition coefficient (Wildman–Crippen LogP) is 4.72. The van der Waals surface area contributed by atoms with Crippen molar-refractivity contribution in [1.82, 2.24) is 4.98 Å². The van der Waals surface area contributed by atoms with Crippen LogP contribution in [0.5, 0.6) is 17.2 Å². The molecule has 5 rings (SSSR count). The number of benzene rings is 3. The molecule has 1 fully saturated rings. The quantitative estimate of drug-likeness (QED) is 0.352. The maximum atomic E-state index is 14.9. The molecule has 1 saturated heterocycles. The molecule has 1 aromatic heterocycles. The van der Waals surface area contributed by atoms with E-state index in [0.29, 0.717) is 40.2 Å². The number of methoxy groups -OCH3 is 1. The van der Waals surface area contributed by atoms with E-state index in [9.17, 15) is 14.0 Å². The molecule has 1 atom stereocenters. The average molecular weight is 486 g/mol. The molecule has 0 bridgehead atoms. The summed E-state index contributed by atoms with van der Waals surface area (Å²) in [6.45, 7) is 0.605. The number of carbonyl (C=O) groups excluding carboxylic acids is 2. The van der Waals surface area contributed by atoms with Gasteiger partial charge in [-0.15, -0.1) is 0 Å². The fraction of sp³-hybridized carbons (Fsp3) is 0.179. The third-order valence-electron chi connectivity index (χ3n) is 5.95. The number of para-hydroxylation sites is 1. The summed E-state index contributed by atoms with van der Waals surface area (Å²) in [6, 6.07) is 20.4. The van der Waals surface area contributed by atoms with Crippen LogP contribution in [-0.2, 0) is 20.7 Å². The van der Waals surface area contributed by atoms with E-state index in [1.54, 1.807) is 55.8 Å². The number of hydrogen-bond donors (Lipinski definition) is 0. The van der Waals surface area contributed by atoms with Crippen LogP contribution in [-0.4, -0.2) is 43.0 Å². The first-order valence-electron chi connectivity index (χ1n) is 11.4. The van der Waals surface area contributed by atoms with E-state index in [4.69, 9.17) is 14.2 Å². The minimum atomic E-state index is -1.22. The predicted molar refractivity (Wildman–Crippen MR) is 132 cm³/mol. The highest BCUT2D eigenvalue weighted by atomic mass is 19.1. The van der Waals surface area contributed by atoms with Crippen molar-refractivity contribution < 1.29 is 28.2 Å². The van der Waals surface area contributed by atoms with E-state index in [1.165, 1.54) is 17.0 Å². The van der Waals surface area contributed by atoms with Gasteiger partial charge in [-0.2, -0.15) is 0 Å². The smallest absolute Gasteiger partial charge is 0.263 e. The summed E-state index contributed by atoms with van der Waals surface area (Å²) in [5.41, 5.74) is 1.77. The molecule has 36 heavy (non-hydrogen) atoms. The highest BCUT2D eigenvalue weighted by molar-refractivity contribution is 6.12. The van der Waals surface area contributed by atoms with Crippen molar-refractivity contribution in [1.29, 1.82) is 0 Å². The monoisotopic (exact) mass is 486 g/mol. The van der Waals surface area contributed by atoms with Gasteiger partial charge < -0.3 is 19.1 Å². The number of morpholine rings is 1. The number of pyridine rings is 1. The van der Waals surface area contributed by atoms with Crippen LogP contribution >= 0.6 is 0 Å². The number of anilines is 1. The van der Waals surface area contributed by atoms with Crippen LogP contribution in [0.25, 0.3) is 10.9 Å². The SMILES string of the molecule is COc1ccc2c(Oc3ccc(CC(=O)C4OCCN(c5ccccc5)C4=O)cc3F)ccnc2c1. The van der Waals surface area contributed by atoms with E-state index in [0.717, 1.165) is 0 Å².